The molecule has 33 heavy (non-hydrogen) atoms. The molecule has 0 aliphatic carbocycles. The van der Waals surface area contributed by atoms with Gasteiger partial charge in [-0.1, -0.05) is 5.16 Å². The summed E-state index contributed by atoms with van der Waals surface area (Å²) in [5, 5.41) is 12.6. The van der Waals surface area contributed by atoms with Crippen molar-refractivity contribution in [2.24, 2.45) is 0 Å². The quantitative estimate of drug-likeness (QED) is 0.628. The number of amides is 1. The minimum Gasteiger partial charge on any atom is -0.444 e. The Morgan fingerprint density at radius 1 is 1.30 bits per heavy atom. The molecular formula is C21H28FN3O7S. The van der Waals surface area contributed by atoms with Crippen molar-refractivity contribution in [1.29, 1.82) is 0 Å². The Bertz CT molecular complexity index is 1070. The van der Waals surface area contributed by atoms with Gasteiger partial charge in [0.05, 0.1) is 18.5 Å². The number of rotatable bonds is 7. The van der Waals surface area contributed by atoms with E-state index in [0.717, 1.165) is 12.1 Å². The van der Waals surface area contributed by atoms with E-state index in [4.69, 9.17) is 19.1 Å². The summed E-state index contributed by atoms with van der Waals surface area (Å²) in [5.41, 5.74) is -0.298. The average Bonchev–Trinajstić information content (AvgIpc) is 3.20. The molecule has 3 rings (SSSR count). The van der Waals surface area contributed by atoms with Gasteiger partial charge in [0.2, 0.25) is 5.82 Å². The summed E-state index contributed by atoms with van der Waals surface area (Å²) in [4.78, 5) is 17.5. The molecule has 1 saturated heterocycles. The smallest absolute Gasteiger partial charge is 0.410 e. The monoisotopic (exact) mass is 485 g/mol. The Morgan fingerprint density at radius 3 is 2.61 bits per heavy atom. The fourth-order valence-corrected chi connectivity index (χ4v) is 4.37. The molecule has 1 aromatic heterocycles. The van der Waals surface area contributed by atoms with Gasteiger partial charge in [0, 0.05) is 18.7 Å². The van der Waals surface area contributed by atoms with Crippen LogP contribution >= 0.6 is 0 Å². The van der Waals surface area contributed by atoms with Crippen LogP contribution in [0.5, 0.6) is 0 Å². The number of likely N-dealkylation sites (tertiary alicyclic amines) is 1. The molecule has 10 nitrogen and oxygen atoms in total. The highest BCUT2D eigenvalue weighted by atomic mass is 32.2. The maximum Gasteiger partial charge on any atom is 0.410 e. The lowest BCUT2D eigenvalue weighted by Gasteiger charge is -2.33. The predicted octanol–water partition coefficient (Wildman–Crippen LogP) is 2.56. The molecule has 1 aromatic carbocycles. The molecule has 0 radical (unpaired) electrons. The van der Waals surface area contributed by atoms with Crippen molar-refractivity contribution in [2.75, 3.05) is 25.4 Å². The molecule has 0 spiro atoms. The highest BCUT2D eigenvalue weighted by molar-refractivity contribution is 7.91. The number of aromatic nitrogens is 2. The van der Waals surface area contributed by atoms with Gasteiger partial charge in [-0.25, -0.2) is 17.6 Å². The lowest BCUT2D eigenvalue weighted by molar-refractivity contribution is -0.0231. The molecule has 0 saturated carbocycles. The van der Waals surface area contributed by atoms with E-state index in [1.54, 1.807) is 4.90 Å². The number of aliphatic hydroxyl groups is 1. The number of aliphatic hydroxyl groups excluding tert-OH is 1. The molecule has 0 unspecified atom stereocenters. The second-order valence-electron chi connectivity index (χ2n) is 8.68. The molecule has 1 aliphatic rings. The van der Waals surface area contributed by atoms with Crippen molar-refractivity contribution in [1.82, 2.24) is 15.0 Å². The van der Waals surface area contributed by atoms with Crippen LogP contribution in [-0.2, 0) is 25.9 Å². The number of benzene rings is 1. The summed E-state index contributed by atoms with van der Waals surface area (Å²) in [5.74, 6) is -1.24. The maximum absolute atomic E-state index is 14.3. The van der Waals surface area contributed by atoms with Crippen LogP contribution < -0.4 is 0 Å². The number of carbonyl (C=O) groups excluding carboxylic acids is 1. The van der Waals surface area contributed by atoms with Gasteiger partial charge in [-0.15, -0.1) is 0 Å². The molecule has 182 valence electrons. The number of nitrogens with zero attached hydrogens (tertiary/aromatic N) is 3. The van der Waals surface area contributed by atoms with Crippen LogP contribution in [0.1, 0.15) is 39.5 Å². The fourth-order valence-electron chi connectivity index (χ4n) is 3.27. The molecule has 1 aliphatic heterocycles. The van der Waals surface area contributed by atoms with Gasteiger partial charge >= 0.3 is 6.09 Å². The zero-order valence-corrected chi connectivity index (χ0v) is 19.6. The first-order valence-corrected chi connectivity index (χ1v) is 12.2. The van der Waals surface area contributed by atoms with E-state index in [9.17, 15) is 17.6 Å². The van der Waals surface area contributed by atoms with E-state index < -0.39 is 38.5 Å². The Balaban J connectivity index is 1.54. The van der Waals surface area contributed by atoms with Crippen molar-refractivity contribution >= 4 is 15.9 Å². The van der Waals surface area contributed by atoms with Gasteiger partial charge < -0.3 is 24.0 Å². The molecule has 2 aromatic rings. The zero-order chi connectivity index (χ0) is 24.2. The lowest BCUT2D eigenvalue weighted by atomic mass is 10.1. The van der Waals surface area contributed by atoms with Crippen LogP contribution in [0.4, 0.5) is 9.18 Å². The normalized spacial score (nSPS) is 15.6. The second kappa shape index (κ2) is 10.1. The topological polar surface area (TPSA) is 132 Å². The number of sulfone groups is 1. The zero-order valence-electron chi connectivity index (χ0n) is 18.8. The third kappa shape index (κ3) is 6.71. The number of halogens is 1. The molecular weight excluding hydrogens is 457 g/mol. The molecule has 0 bridgehead atoms. The standard InChI is InChI=1S/C21H28FN3O7S/c1-21(2,3)31-20(27)25-8-6-15(7-9-25)30-13-18-23-19(24-32-18)14-4-5-17(16(22)12-14)33(28,29)11-10-26/h4-5,12,15,26H,6-11,13H2,1-3H3. The van der Waals surface area contributed by atoms with Crippen molar-refractivity contribution < 1.29 is 36.7 Å². The summed E-state index contributed by atoms with van der Waals surface area (Å²) < 4.78 is 54.6. The third-order valence-corrected chi connectivity index (χ3v) is 6.61. The van der Waals surface area contributed by atoms with E-state index in [-0.39, 0.29) is 36.1 Å². The fraction of sp³-hybridized carbons (Fsp3) is 0.571. The third-order valence-electron chi connectivity index (χ3n) is 4.89. The number of hydrogen-bond donors (Lipinski definition) is 1. The van der Waals surface area contributed by atoms with Crippen molar-refractivity contribution in [3.63, 3.8) is 0 Å². The van der Waals surface area contributed by atoms with Crippen LogP contribution in [0.3, 0.4) is 0 Å². The molecule has 1 amide bonds. The van der Waals surface area contributed by atoms with Crippen LogP contribution in [0, 0.1) is 5.82 Å². The average molecular weight is 486 g/mol. The van der Waals surface area contributed by atoms with Gasteiger partial charge in [0.25, 0.3) is 5.89 Å². The summed E-state index contributed by atoms with van der Waals surface area (Å²) >= 11 is 0. The number of carbonyl (C=O) groups is 1. The number of hydrogen-bond acceptors (Lipinski definition) is 9. The van der Waals surface area contributed by atoms with Gasteiger partial charge in [0.15, 0.2) is 9.84 Å². The van der Waals surface area contributed by atoms with E-state index in [2.05, 4.69) is 10.1 Å². The van der Waals surface area contributed by atoms with E-state index in [0.29, 0.717) is 25.9 Å². The molecule has 1 fully saturated rings. The van der Waals surface area contributed by atoms with Crippen LogP contribution in [0.25, 0.3) is 11.4 Å². The number of piperidine rings is 1. The maximum atomic E-state index is 14.3. The summed E-state index contributed by atoms with van der Waals surface area (Å²) in [6.07, 6.45) is 0.835. The molecule has 2 heterocycles. The second-order valence-corrected chi connectivity index (χ2v) is 10.8. The number of ether oxygens (including phenoxy) is 2. The predicted molar refractivity (Wildman–Crippen MR) is 114 cm³/mol. The van der Waals surface area contributed by atoms with Crippen molar-refractivity contribution in [2.45, 2.75) is 56.8 Å². The Kier molecular flexibility index (Phi) is 7.70. The minimum absolute atomic E-state index is 0.0511. The Hall–Kier alpha value is -2.57. The minimum atomic E-state index is -3.92. The summed E-state index contributed by atoms with van der Waals surface area (Å²) in [6, 6.07) is 3.49. The van der Waals surface area contributed by atoms with Gasteiger partial charge in [0.1, 0.15) is 22.9 Å². The lowest BCUT2D eigenvalue weighted by Crippen LogP contribution is -2.43. The van der Waals surface area contributed by atoms with Gasteiger partial charge in [-0.3, -0.25) is 0 Å². The van der Waals surface area contributed by atoms with E-state index in [1.165, 1.54) is 6.07 Å². The van der Waals surface area contributed by atoms with E-state index in [1.807, 2.05) is 20.8 Å². The molecule has 12 heteroatoms. The summed E-state index contributed by atoms with van der Waals surface area (Å²) in [7, 11) is -3.92. The van der Waals surface area contributed by atoms with Crippen molar-refractivity contribution in [3.8, 4) is 11.4 Å². The highest BCUT2D eigenvalue weighted by Crippen LogP contribution is 2.24. The Labute approximate surface area is 191 Å². The largest absolute Gasteiger partial charge is 0.444 e. The van der Waals surface area contributed by atoms with Crippen molar-refractivity contribution in [3.05, 3.63) is 29.9 Å². The van der Waals surface area contributed by atoms with Gasteiger partial charge in [-0.05, 0) is 51.8 Å². The van der Waals surface area contributed by atoms with Crippen LogP contribution in [0.2, 0.25) is 0 Å². The molecule has 0 atom stereocenters. The first-order valence-electron chi connectivity index (χ1n) is 10.5. The van der Waals surface area contributed by atoms with Crippen LogP contribution in [0.15, 0.2) is 27.6 Å². The Morgan fingerprint density at radius 2 is 2.00 bits per heavy atom. The molecule has 1 N–H and O–H groups in total. The highest BCUT2D eigenvalue weighted by Gasteiger charge is 2.27. The van der Waals surface area contributed by atoms with Gasteiger partial charge in [-0.2, -0.15) is 4.98 Å². The first-order chi connectivity index (χ1) is 15.5. The first kappa shape index (κ1) is 25.1. The SMILES string of the molecule is CC(C)(C)OC(=O)N1CCC(OCc2nc(-c3ccc(S(=O)(=O)CCO)c(F)c3)no2)CC1. The van der Waals surface area contributed by atoms with E-state index >= 15 is 0 Å². The summed E-state index contributed by atoms with van der Waals surface area (Å²) in [6.45, 7) is 5.94. The van der Waals surface area contributed by atoms with Crippen LogP contribution in [-0.4, -0.2) is 71.8 Å².